The Morgan fingerprint density at radius 1 is 1.13 bits per heavy atom. The number of hydrogen-bond acceptors (Lipinski definition) is 7. The number of rotatable bonds is 5. The highest BCUT2D eigenvalue weighted by Gasteiger charge is 2.20. The van der Waals surface area contributed by atoms with Gasteiger partial charge in [-0.3, -0.25) is 14.2 Å². The third kappa shape index (κ3) is 4.52. The highest BCUT2D eigenvalue weighted by atomic mass is 32.2. The molecule has 0 fully saturated rings. The smallest absolute Gasteiger partial charge is 0.274 e. The number of aromatic nitrogens is 2. The van der Waals surface area contributed by atoms with Crippen molar-refractivity contribution in [3.05, 3.63) is 70.0 Å². The van der Waals surface area contributed by atoms with Crippen LogP contribution in [0.15, 0.2) is 63.2 Å². The van der Waals surface area contributed by atoms with Crippen LogP contribution in [0.4, 0.5) is 0 Å². The van der Waals surface area contributed by atoms with E-state index >= 15 is 0 Å². The predicted molar refractivity (Wildman–Crippen MR) is 118 cm³/mol. The highest BCUT2D eigenvalue weighted by Crippen LogP contribution is 2.25. The minimum atomic E-state index is -3.99. The minimum absolute atomic E-state index is 0.0679. The molecular formula is C21H18N4O4S2. The summed E-state index contributed by atoms with van der Waals surface area (Å²) in [4.78, 5) is 28.7. The molecule has 1 aromatic heterocycles. The van der Waals surface area contributed by atoms with E-state index in [0.29, 0.717) is 11.3 Å². The molecule has 0 atom stereocenters. The molecule has 1 heterocycles. The number of nitrogens with one attached hydrogen (secondary N) is 1. The summed E-state index contributed by atoms with van der Waals surface area (Å²) in [5.74, 6) is -0.434. The van der Waals surface area contributed by atoms with Crippen molar-refractivity contribution in [2.75, 3.05) is 6.26 Å². The zero-order chi connectivity index (χ0) is 22.8. The molecule has 0 saturated heterocycles. The van der Waals surface area contributed by atoms with Gasteiger partial charge in [-0.15, -0.1) is 11.8 Å². The molecule has 0 spiro atoms. The number of carbonyl (C=O) groups excluding carboxylic acids is 1. The van der Waals surface area contributed by atoms with Crippen molar-refractivity contribution in [2.24, 2.45) is 0 Å². The van der Waals surface area contributed by atoms with Crippen molar-refractivity contribution in [1.29, 1.82) is 5.26 Å². The Labute approximate surface area is 183 Å². The summed E-state index contributed by atoms with van der Waals surface area (Å²) in [5.41, 5.74) is 1.41. The van der Waals surface area contributed by atoms with E-state index in [1.54, 1.807) is 18.4 Å². The maximum atomic E-state index is 13.2. The Morgan fingerprint density at radius 3 is 2.26 bits per heavy atom. The van der Waals surface area contributed by atoms with Crippen LogP contribution in [0.25, 0.3) is 17.1 Å². The van der Waals surface area contributed by atoms with Crippen LogP contribution in [0.2, 0.25) is 0 Å². The number of thioether (sulfide) groups is 1. The summed E-state index contributed by atoms with van der Waals surface area (Å²) >= 11 is 1.17. The number of amides is 1. The number of benzene rings is 2. The molecule has 3 rings (SSSR count). The summed E-state index contributed by atoms with van der Waals surface area (Å²) in [6, 6.07) is 14.7. The van der Waals surface area contributed by atoms with Crippen molar-refractivity contribution < 1.29 is 13.2 Å². The lowest BCUT2D eigenvalue weighted by Crippen LogP contribution is -2.28. The third-order valence-corrected chi connectivity index (χ3v) is 6.48. The summed E-state index contributed by atoms with van der Waals surface area (Å²) < 4.78 is 27.6. The molecule has 0 bridgehead atoms. The molecule has 31 heavy (non-hydrogen) atoms. The van der Waals surface area contributed by atoms with Crippen LogP contribution < -0.4 is 10.3 Å². The first-order valence-corrected chi connectivity index (χ1v) is 11.7. The molecule has 0 aliphatic heterocycles. The number of sulfonamides is 1. The van der Waals surface area contributed by atoms with Crippen molar-refractivity contribution >= 4 is 27.7 Å². The summed E-state index contributed by atoms with van der Waals surface area (Å²) in [6.45, 7) is 3.02. The second kappa shape index (κ2) is 8.75. The fourth-order valence-corrected chi connectivity index (χ4v) is 4.41. The van der Waals surface area contributed by atoms with Gasteiger partial charge in [0.1, 0.15) is 22.5 Å². The van der Waals surface area contributed by atoms with Crippen LogP contribution in [0.1, 0.15) is 18.1 Å². The molecular weight excluding hydrogens is 436 g/mol. The average Bonchev–Trinajstić information content (AvgIpc) is 2.73. The van der Waals surface area contributed by atoms with Gasteiger partial charge in [0.25, 0.3) is 15.6 Å². The Morgan fingerprint density at radius 2 is 1.74 bits per heavy atom. The average molecular weight is 455 g/mol. The minimum Gasteiger partial charge on any atom is -0.274 e. The van der Waals surface area contributed by atoms with E-state index in [-0.39, 0.29) is 21.3 Å². The fourth-order valence-electron chi connectivity index (χ4n) is 2.90. The quantitative estimate of drug-likeness (QED) is 0.464. The summed E-state index contributed by atoms with van der Waals surface area (Å²) in [7, 11) is -3.99. The van der Waals surface area contributed by atoms with E-state index in [1.807, 2.05) is 29.8 Å². The van der Waals surface area contributed by atoms with Gasteiger partial charge >= 0.3 is 0 Å². The molecule has 158 valence electrons. The predicted octanol–water partition coefficient (Wildman–Crippen LogP) is 2.63. The van der Waals surface area contributed by atoms with Gasteiger partial charge in [0, 0.05) is 12.5 Å². The number of carbonyl (C=O) groups is 1. The Balaban J connectivity index is 2.24. The van der Waals surface area contributed by atoms with Crippen molar-refractivity contribution in [3.8, 4) is 23.1 Å². The highest BCUT2D eigenvalue weighted by molar-refractivity contribution is 7.98. The van der Waals surface area contributed by atoms with Gasteiger partial charge in [0.15, 0.2) is 0 Å². The molecule has 1 amide bonds. The van der Waals surface area contributed by atoms with Gasteiger partial charge in [-0.2, -0.15) is 5.26 Å². The van der Waals surface area contributed by atoms with Gasteiger partial charge in [-0.1, -0.05) is 17.7 Å². The van der Waals surface area contributed by atoms with Gasteiger partial charge in [-0.05, 0) is 49.6 Å². The first-order chi connectivity index (χ1) is 14.7. The lowest BCUT2D eigenvalue weighted by molar-refractivity contribution is -0.117. The topological polar surface area (TPSA) is 122 Å². The molecule has 10 heteroatoms. The molecule has 8 nitrogen and oxygen atoms in total. The lowest BCUT2D eigenvalue weighted by atomic mass is 10.1. The molecule has 1 N–H and O–H groups in total. The van der Waals surface area contributed by atoms with Crippen LogP contribution >= 0.6 is 11.8 Å². The molecule has 3 aromatic rings. The van der Waals surface area contributed by atoms with Crippen molar-refractivity contribution in [3.63, 3.8) is 0 Å². The molecule has 2 aromatic carbocycles. The molecule has 0 unspecified atom stereocenters. The maximum Gasteiger partial charge on any atom is 0.277 e. The van der Waals surface area contributed by atoms with Gasteiger partial charge < -0.3 is 0 Å². The first kappa shape index (κ1) is 22.3. The van der Waals surface area contributed by atoms with E-state index in [0.717, 1.165) is 12.5 Å². The van der Waals surface area contributed by atoms with E-state index < -0.39 is 21.5 Å². The van der Waals surface area contributed by atoms with Crippen LogP contribution in [-0.4, -0.2) is 30.1 Å². The van der Waals surface area contributed by atoms with Gasteiger partial charge in [0.05, 0.1) is 10.6 Å². The monoisotopic (exact) mass is 454 g/mol. The van der Waals surface area contributed by atoms with Gasteiger partial charge in [-0.25, -0.2) is 18.1 Å². The van der Waals surface area contributed by atoms with Crippen LogP contribution in [0, 0.1) is 18.3 Å². The van der Waals surface area contributed by atoms with E-state index in [4.69, 9.17) is 0 Å². The van der Waals surface area contributed by atoms with Crippen molar-refractivity contribution in [2.45, 2.75) is 23.8 Å². The Kier molecular flexibility index (Phi) is 6.29. The summed E-state index contributed by atoms with van der Waals surface area (Å²) in [6.07, 6.45) is 1.71. The normalized spacial score (nSPS) is 11.0. The Hall–Kier alpha value is -3.42. The summed E-state index contributed by atoms with van der Waals surface area (Å²) in [5, 5.41) is 9.77. The largest absolute Gasteiger partial charge is 0.277 e. The van der Waals surface area contributed by atoms with Crippen LogP contribution in [0.3, 0.4) is 0 Å². The number of aryl methyl sites for hydroxylation is 1. The lowest BCUT2D eigenvalue weighted by Gasteiger charge is -2.15. The number of nitriles is 1. The second-order valence-corrected chi connectivity index (χ2v) is 9.07. The molecule has 0 radical (unpaired) electrons. The SMILES string of the molecule is CSc1nc(-c2ccc(S(=O)(=O)NC(C)=O)cc2)n(-c2ccc(C)cc2)c(=O)c1C#N. The zero-order valence-electron chi connectivity index (χ0n) is 16.9. The van der Waals surface area contributed by atoms with Crippen LogP contribution in [-0.2, 0) is 14.8 Å². The first-order valence-electron chi connectivity index (χ1n) is 9.00. The maximum absolute atomic E-state index is 13.2. The van der Waals surface area contributed by atoms with E-state index in [1.165, 1.54) is 40.6 Å². The van der Waals surface area contributed by atoms with Crippen LogP contribution in [0.5, 0.6) is 0 Å². The van der Waals surface area contributed by atoms with E-state index in [9.17, 15) is 23.3 Å². The van der Waals surface area contributed by atoms with Gasteiger partial charge in [0.2, 0.25) is 5.91 Å². The number of nitrogens with zero attached hydrogens (tertiary/aromatic N) is 3. The van der Waals surface area contributed by atoms with Crippen molar-refractivity contribution in [1.82, 2.24) is 14.3 Å². The van der Waals surface area contributed by atoms with E-state index in [2.05, 4.69) is 4.98 Å². The standard InChI is InChI=1S/C21H18N4O4S2/c1-13-4-8-16(9-5-13)25-19(23-20(30-3)18(12-22)21(25)27)15-6-10-17(11-7-15)31(28,29)24-14(2)26/h4-11H,1-3H3,(H,24,26). The fraction of sp³-hybridized carbons (Fsp3) is 0.143. The second-order valence-electron chi connectivity index (χ2n) is 6.59. The molecule has 0 aliphatic carbocycles. The Bertz CT molecular complexity index is 1350. The molecule has 0 saturated carbocycles. The third-order valence-electron chi connectivity index (χ3n) is 4.35. The number of hydrogen-bond donors (Lipinski definition) is 1. The molecule has 0 aliphatic rings. The zero-order valence-corrected chi connectivity index (χ0v) is 18.5.